The molecular formula is C12H8F5NO3. The summed E-state index contributed by atoms with van der Waals surface area (Å²) in [6.45, 7) is 0. The molecule has 1 aliphatic carbocycles. The second-order valence-corrected chi connectivity index (χ2v) is 4.25. The van der Waals surface area contributed by atoms with E-state index in [0.29, 0.717) is 0 Å². The number of Topliss-reactive ketones (excluding diaryl/α,β-unsaturated/α-hetero) is 1. The number of fused-ring (bicyclic) bond motifs is 1. The van der Waals surface area contributed by atoms with Gasteiger partial charge in [-0.1, -0.05) is 0 Å². The van der Waals surface area contributed by atoms with E-state index >= 15 is 0 Å². The van der Waals surface area contributed by atoms with Crippen LogP contribution in [0.3, 0.4) is 0 Å². The molecule has 1 aromatic rings. The van der Waals surface area contributed by atoms with Gasteiger partial charge in [0, 0.05) is 18.1 Å². The quantitative estimate of drug-likeness (QED) is 0.518. The minimum atomic E-state index is -6.00. The summed E-state index contributed by atoms with van der Waals surface area (Å²) in [6.07, 6.45) is -6.62. The fraction of sp³-hybridized carbons (Fsp3) is 0.333. The molecule has 0 aromatic carbocycles. The van der Waals surface area contributed by atoms with Crippen LogP contribution in [0.25, 0.3) is 0 Å². The van der Waals surface area contributed by atoms with Crippen LogP contribution in [0.2, 0.25) is 0 Å². The highest BCUT2D eigenvalue weighted by Crippen LogP contribution is 2.43. The lowest BCUT2D eigenvalue weighted by atomic mass is 10.1. The van der Waals surface area contributed by atoms with E-state index in [1.807, 2.05) is 0 Å². The van der Waals surface area contributed by atoms with Gasteiger partial charge in [0.2, 0.25) is 5.88 Å². The number of carbonyl (C=O) groups excluding carboxylic acids is 1. The molecule has 0 saturated heterocycles. The number of alkyl halides is 5. The van der Waals surface area contributed by atoms with Gasteiger partial charge < -0.3 is 9.84 Å². The van der Waals surface area contributed by atoms with Gasteiger partial charge in [0.15, 0.2) is 11.5 Å². The summed E-state index contributed by atoms with van der Waals surface area (Å²) in [7, 11) is 1.28. The van der Waals surface area contributed by atoms with Crippen LogP contribution in [-0.4, -0.2) is 35.1 Å². The van der Waals surface area contributed by atoms with Crippen LogP contribution in [0, 0.1) is 0 Å². The number of nitrogens with zero attached hydrogens (tertiary/aromatic N) is 1. The highest BCUT2D eigenvalue weighted by molar-refractivity contribution is 6.13. The predicted molar refractivity (Wildman–Crippen MR) is 59.5 cm³/mol. The van der Waals surface area contributed by atoms with Crippen molar-refractivity contribution in [3.05, 3.63) is 34.7 Å². The summed E-state index contributed by atoms with van der Waals surface area (Å²) >= 11 is 0. The number of hydrogen-bond acceptors (Lipinski definition) is 4. The van der Waals surface area contributed by atoms with Gasteiger partial charge in [0.1, 0.15) is 0 Å². The fourth-order valence-electron chi connectivity index (χ4n) is 1.86. The topological polar surface area (TPSA) is 59.4 Å². The number of aromatic nitrogens is 1. The Kier molecular flexibility index (Phi) is 3.38. The molecule has 0 radical (unpaired) electrons. The third kappa shape index (κ3) is 2.32. The van der Waals surface area contributed by atoms with Crippen LogP contribution in [0.15, 0.2) is 23.5 Å². The lowest BCUT2D eigenvalue weighted by Gasteiger charge is -2.19. The van der Waals surface area contributed by atoms with Crippen LogP contribution in [0.4, 0.5) is 22.0 Å². The molecule has 114 valence electrons. The first-order valence-electron chi connectivity index (χ1n) is 5.55. The number of carbonyl (C=O) groups is 1. The Morgan fingerprint density at radius 3 is 2.43 bits per heavy atom. The van der Waals surface area contributed by atoms with E-state index in [1.165, 1.54) is 19.2 Å². The first kappa shape index (κ1) is 15.2. The zero-order valence-corrected chi connectivity index (χ0v) is 10.5. The Hall–Kier alpha value is -2.19. The van der Waals surface area contributed by atoms with Crippen molar-refractivity contribution >= 4 is 5.78 Å². The molecule has 1 heterocycles. The van der Waals surface area contributed by atoms with Crippen molar-refractivity contribution in [1.82, 2.24) is 4.98 Å². The summed E-state index contributed by atoms with van der Waals surface area (Å²) in [6, 6.07) is 2.45. The largest absolute Gasteiger partial charge is 0.506 e. The van der Waals surface area contributed by atoms with E-state index < -0.39 is 35.6 Å². The molecule has 0 spiro atoms. The van der Waals surface area contributed by atoms with Gasteiger partial charge in [0.25, 0.3) is 0 Å². The number of aliphatic hydroxyl groups excluding tert-OH is 1. The standard InChI is InChI=1S/C12H8F5NO3/c1-21-8-3-2-5-7(18-8)4-6(9(5)19)10(20)11(13,14)12(15,16)17/h2-3,20H,4H2,1H3/b10-6-. The average molecular weight is 309 g/mol. The van der Waals surface area contributed by atoms with E-state index in [4.69, 9.17) is 4.74 Å². The van der Waals surface area contributed by atoms with Crippen molar-refractivity contribution < 1.29 is 36.6 Å². The number of ketones is 1. The van der Waals surface area contributed by atoms with Crippen molar-refractivity contribution in [2.24, 2.45) is 0 Å². The van der Waals surface area contributed by atoms with Crippen molar-refractivity contribution in [3.63, 3.8) is 0 Å². The van der Waals surface area contributed by atoms with Crippen molar-refractivity contribution in [1.29, 1.82) is 0 Å². The normalized spacial score (nSPS) is 17.7. The number of rotatable bonds is 2. The summed E-state index contributed by atoms with van der Waals surface area (Å²) in [4.78, 5) is 15.6. The number of methoxy groups -OCH3 is 1. The second-order valence-electron chi connectivity index (χ2n) is 4.25. The third-order valence-electron chi connectivity index (χ3n) is 2.96. The molecule has 2 rings (SSSR count). The lowest BCUT2D eigenvalue weighted by Crippen LogP contribution is -2.39. The zero-order valence-electron chi connectivity index (χ0n) is 10.5. The molecule has 0 unspecified atom stereocenters. The van der Waals surface area contributed by atoms with E-state index in [1.54, 1.807) is 0 Å². The molecule has 1 N–H and O–H groups in total. The Morgan fingerprint density at radius 1 is 1.29 bits per heavy atom. The minimum Gasteiger partial charge on any atom is -0.506 e. The number of hydrogen-bond donors (Lipinski definition) is 1. The molecule has 0 saturated carbocycles. The van der Waals surface area contributed by atoms with Crippen LogP contribution < -0.4 is 4.74 Å². The zero-order chi connectivity index (χ0) is 16.0. The maximum atomic E-state index is 13.1. The van der Waals surface area contributed by atoms with Gasteiger partial charge in [-0.3, -0.25) is 4.79 Å². The average Bonchev–Trinajstić information content (AvgIpc) is 2.73. The molecule has 0 bridgehead atoms. The summed E-state index contributed by atoms with van der Waals surface area (Å²) in [5.41, 5.74) is -1.19. The predicted octanol–water partition coefficient (Wildman–Crippen LogP) is 2.84. The molecular weight excluding hydrogens is 301 g/mol. The van der Waals surface area contributed by atoms with Crippen molar-refractivity contribution in [2.45, 2.75) is 18.5 Å². The van der Waals surface area contributed by atoms with Gasteiger partial charge in [-0.05, 0) is 6.07 Å². The number of ether oxygens (including phenoxy) is 1. The van der Waals surface area contributed by atoms with Crippen LogP contribution in [-0.2, 0) is 6.42 Å². The maximum Gasteiger partial charge on any atom is 0.461 e. The molecule has 0 amide bonds. The molecule has 0 atom stereocenters. The fourth-order valence-corrected chi connectivity index (χ4v) is 1.86. The summed E-state index contributed by atoms with van der Waals surface area (Å²) in [5.74, 6) is -8.83. The van der Waals surface area contributed by atoms with E-state index in [0.717, 1.165) is 0 Å². The maximum absolute atomic E-state index is 13.1. The van der Waals surface area contributed by atoms with E-state index in [2.05, 4.69) is 4.98 Å². The smallest absolute Gasteiger partial charge is 0.461 e. The minimum absolute atomic E-state index is 0.0288. The summed E-state index contributed by atoms with van der Waals surface area (Å²) in [5, 5.41) is 9.21. The lowest BCUT2D eigenvalue weighted by molar-refractivity contribution is -0.274. The summed E-state index contributed by atoms with van der Waals surface area (Å²) < 4.78 is 67.6. The van der Waals surface area contributed by atoms with Crippen molar-refractivity contribution in [3.8, 4) is 5.88 Å². The van der Waals surface area contributed by atoms with Crippen LogP contribution in [0.1, 0.15) is 16.1 Å². The molecule has 1 aromatic heterocycles. The monoisotopic (exact) mass is 309 g/mol. The molecule has 1 aliphatic rings. The van der Waals surface area contributed by atoms with E-state index in [9.17, 15) is 31.9 Å². The van der Waals surface area contributed by atoms with Gasteiger partial charge in [-0.2, -0.15) is 22.0 Å². The Balaban J connectivity index is 2.49. The molecule has 21 heavy (non-hydrogen) atoms. The van der Waals surface area contributed by atoms with Gasteiger partial charge in [-0.25, -0.2) is 4.98 Å². The van der Waals surface area contributed by atoms with Gasteiger partial charge in [0.05, 0.1) is 18.4 Å². The molecule has 0 aliphatic heterocycles. The van der Waals surface area contributed by atoms with E-state index in [-0.39, 0.29) is 17.1 Å². The third-order valence-corrected chi connectivity index (χ3v) is 2.96. The number of pyridine rings is 1. The van der Waals surface area contributed by atoms with Crippen molar-refractivity contribution in [2.75, 3.05) is 7.11 Å². The van der Waals surface area contributed by atoms with Gasteiger partial charge >= 0.3 is 12.1 Å². The SMILES string of the molecule is COc1ccc2c(n1)C/C(=C(/O)C(F)(F)C(F)(F)F)C2=O. The van der Waals surface area contributed by atoms with Crippen LogP contribution >= 0.6 is 0 Å². The second kappa shape index (κ2) is 4.68. The number of aliphatic hydroxyl groups is 1. The first-order chi connectivity index (χ1) is 9.59. The molecule has 4 nitrogen and oxygen atoms in total. The number of allylic oxidation sites excluding steroid dienone is 2. The van der Waals surface area contributed by atoms with Crippen LogP contribution in [0.5, 0.6) is 5.88 Å². The highest BCUT2D eigenvalue weighted by Gasteiger charge is 2.62. The Bertz CT molecular complexity index is 636. The number of halogens is 5. The Morgan fingerprint density at radius 2 is 1.90 bits per heavy atom. The Labute approximate surface area is 114 Å². The molecule has 0 fully saturated rings. The first-order valence-corrected chi connectivity index (χ1v) is 5.55. The van der Waals surface area contributed by atoms with Gasteiger partial charge in [-0.15, -0.1) is 0 Å². The molecule has 9 heteroatoms. The highest BCUT2D eigenvalue weighted by atomic mass is 19.4.